The standard InChI is InChI=1S/C9H17BO2/c1-8-4-2-5-9(8)10-11-6-3-7-12-10/h8-9H,2-7H2,1H3/t8-,9-/m0/s1. The van der Waals surface area contributed by atoms with Gasteiger partial charge >= 0.3 is 7.12 Å². The van der Waals surface area contributed by atoms with Crippen molar-refractivity contribution in [3.05, 3.63) is 0 Å². The normalized spacial score (nSPS) is 37.2. The summed E-state index contributed by atoms with van der Waals surface area (Å²) in [5.74, 6) is 1.47. The van der Waals surface area contributed by atoms with Gasteiger partial charge in [-0.25, -0.2) is 0 Å². The molecule has 0 amide bonds. The van der Waals surface area contributed by atoms with Gasteiger partial charge in [0.25, 0.3) is 0 Å². The van der Waals surface area contributed by atoms with Crippen LogP contribution in [0.5, 0.6) is 0 Å². The van der Waals surface area contributed by atoms with Crippen molar-refractivity contribution < 1.29 is 9.31 Å². The monoisotopic (exact) mass is 168 g/mol. The first-order valence-corrected chi connectivity index (χ1v) is 5.11. The van der Waals surface area contributed by atoms with Crippen molar-refractivity contribution in [1.82, 2.24) is 0 Å². The van der Waals surface area contributed by atoms with E-state index in [9.17, 15) is 0 Å². The molecule has 3 heteroatoms. The van der Waals surface area contributed by atoms with Crippen LogP contribution in [0.2, 0.25) is 5.82 Å². The summed E-state index contributed by atoms with van der Waals surface area (Å²) >= 11 is 0. The summed E-state index contributed by atoms with van der Waals surface area (Å²) in [7, 11) is 0.122. The van der Waals surface area contributed by atoms with E-state index >= 15 is 0 Å². The van der Waals surface area contributed by atoms with E-state index in [1.165, 1.54) is 19.3 Å². The molecule has 0 aromatic heterocycles. The van der Waals surface area contributed by atoms with Crippen molar-refractivity contribution in [2.45, 2.75) is 38.4 Å². The highest BCUT2D eigenvalue weighted by atomic mass is 16.6. The number of hydrogen-bond acceptors (Lipinski definition) is 2. The maximum atomic E-state index is 5.61. The van der Waals surface area contributed by atoms with Crippen LogP contribution in [0, 0.1) is 5.92 Å². The van der Waals surface area contributed by atoms with Gasteiger partial charge in [-0.15, -0.1) is 0 Å². The number of hydrogen-bond donors (Lipinski definition) is 0. The van der Waals surface area contributed by atoms with E-state index in [0.29, 0.717) is 5.82 Å². The minimum Gasteiger partial charge on any atom is -0.411 e. The average Bonchev–Trinajstić information content (AvgIpc) is 2.53. The third kappa shape index (κ3) is 1.67. The molecule has 1 aliphatic heterocycles. The lowest BCUT2D eigenvalue weighted by Gasteiger charge is -2.26. The third-order valence-electron chi connectivity index (χ3n) is 3.13. The lowest BCUT2D eigenvalue weighted by molar-refractivity contribution is 0.123. The van der Waals surface area contributed by atoms with E-state index in [-0.39, 0.29) is 7.12 Å². The molecule has 0 N–H and O–H groups in total. The van der Waals surface area contributed by atoms with Crippen molar-refractivity contribution in [3.8, 4) is 0 Å². The molecular weight excluding hydrogens is 151 g/mol. The van der Waals surface area contributed by atoms with Gasteiger partial charge in [-0.3, -0.25) is 0 Å². The molecule has 1 heterocycles. The zero-order valence-corrected chi connectivity index (χ0v) is 7.79. The smallest absolute Gasteiger partial charge is 0.411 e. The molecule has 2 nitrogen and oxygen atoms in total. The fraction of sp³-hybridized carbons (Fsp3) is 1.00. The summed E-state index contributed by atoms with van der Waals surface area (Å²) in [6.07, 6.45) is 5.08. The summed E-state index contributed by atoms with van der Waals surface area (Å²) < 4.78 is 11.2. The zero-order valence-electron chi connectivity index (χ0n) is 7.79. The highest BCUT2D eigenvalue weighted by Gasteiger charge is 2.38. The Morgan fingerprint density at radius 1 is 1.08 bits per heavy atom. The Morgan fingerprint density at radius 3 is 2.42 bits per heavy atom. The van der Waals surface area contributed by atoms with Crippen LogP contribution in [0.1, 0.15) is 32.6 Å². The van der Waals surface area contributed by atoms with Gasteiger partial charge in [0.15, 0.2) is 0 Å². The van der Waals surface area contributed by atoms with Crippen LogP contribution >= 0.6 is 0 Å². The van der Waals surface area contributed by atoms with Gasteiger partial charge in [0.05, 0.1) is 0 Å². The molecule has 0 aromatic rings. The Hall–Kier alpha value is -0.0151. The molecule has 2 aliphatic rings. The lowest BCUT2D eigenvalue weighted by Crippen LogP contribution is -2.35. The summed E-state index contributed by atoms with van der Waals surface area (Å²) in [6.45, 7) is 4.11. The second-order valence-corrected chi connectivity index (χ2v) is 4.04. The maximum Gasteiger partial charge on any atom is 0.460 e. The number of rotatable bonds is 1. The first-order chi connectivity index (χ1) is 5.88. The van der Waals surface area contributed by atoms with Crippen molar-refractivity contribution in [3.63, 3.8) is 0 Å². The van der Waals surface area contributed by atoms with Crippen LogP contribution in [0.4, 0.5) is 0 Å². The van der Waals surface area contributed by atoms with Gasteiger partial charge in [-0.2, -0.15) is 0 Å². The molecule has 0 radical (unpaired) electrons. The van der Waals surface area contributed by atoms with Crippen LogP contribution in [0.15, 0.2) is 0 Å². The Bertz CT molecular complexity index is 145. The molecule has 1 saturated heterocycles. The Morgan fingerprint density at radius 2 is 1.83 bits per heavy atom. The topological polar surface area (TPSA) is 18.5 Å². The predicted octanol–water partition coefficient (Wildman–Crippen LogP) is 2.10. The molecule has 12 heavy (non-hydrogen) atoms. The van der Waals surface area contributed by atoms with Gasteiger partial charge in [-0.05, 0) is 18.2 Å². The molecule has 0 bridgehead atoms. The van der Waals surface area contributed by atoms with E-state index in [1.54, 1.807) is 0 Å². The fourth-order valence-electron chi connectivity index (χ4n) is 2.33. The quantitative estimate of drug-likeness (QED) is 0.558. The summed E-state index contributed by atoms with van der Waals surface area (Å²) in [6, 6.07) is 0. The van der Waals surface area contributed by atoms with E-state index < -0.39 is 0 Å². The molecule has 2 rings (SSSR count). The van der Waals surface area contributed by atoms with Crippen molar-refractivity contribution >= 4 is 7.12 Å². The molecule has 0 aromatic carbocycles. The van der Waals surface area contributed by atoms with Crippen LogP contribution in [0.3, 0.4) is 0 Å². The third-order valence-corrected chi connectivity index (χ3v) is 3.13. The molecule has 1 aliphatic carbocycles. The summed E-state index contributed by atoms with van der Waals surface area (Å²) in [4.78, 5) is 0. The van der Waals surface area contributed by atoms with Crippen LogP contribution in [-0.4, -0.2) is 20.3 Å². The molecule has 68 valence electrons. The van der Waals surface area contributed by atoms with Gasteiger partial charge in [0.1, 0.15) is 0 Å². The van der Waals surface area contributed by atoms with E-state index in [2.05, 4.69) is 6.92 Å². The zero-order chi connectivity index (χ0) is 8.39. The van der Waals surface area contributed by atoms with E-state index in [1.807, 2.05) is 0 Å². The highest BCUT2D eigenvalue weighted by Crippen LogP contribution is 2.39. The van der Waals surface area contributed by atoms with Crippen LogP contribution in [-0.2, 0) is 9.31 Å². The molecule has 1 saturated carbocycles. The van der Waals surface area contributed by atoms with Gasteiger partial charge in [0.2, 0.25) is 0 Å². The summed E-state index contributed by atoms with van der Waals surface area (Å²) in [5, 5.41) is 0. The summed E-state index contributed by atoms with van der Waals surface area (Å²) in [5.41, 5.74) is 0. The average molecular weight is 168 g/mol. The Labute approximate surface area is 74.8 Å². The van der Waals surface area contributed by atoms with Gasteiger partial charge < -0.3 is 9.31 Å². The molecule has 2 atom stereocenters. The first-order valence-electron chi connectivity index (χ1n) is 5.11. The SMILES string of the molecule is C[C@H]1CCC[C@@H]1B1OCCCO1. The second kappa shape index (κ2) is 3.80. The van der Waals surface area contributed by atoms with Crippen LogP contribution in [0.25, 0.3) is 0 Å². The molecular formula is C9H17BO2. The fourth-order valence-corrected chi connectivity index (χ4v) is 2.33. The van der Waals surface area contributed by atoms with Crippen LogP contribution < -0.4 is 0 Å². The molecule has 0 unspecified atom stereocenters. The Balaban J connectivity index is 1.89. The minimum atomic E-state index is 0.122. The molecule has 2 fully saturated rings. The predicted molar refractivity (Wildman–Crippen MR) is 49.0 cm³/mol. The highest BCUT2D eigenvalue weighted by molar-refractivity contribution is 6.46. The van der Waals surface area contributed by atoms with Gasteiger partial charge in [0, 0.05) is 13.2 Å². The Kier molecular flexibility index (Phi) is 2.71. The van der Waals surface area contributed by atoms with E-state index in [4.69, 9.17) is 9.31 Å². The van der Waals surface area contributed by atoms with Crippen molar-refractivity contribution in [2.24, 2.45) is 5.92 Å². The minimum absolute atomic E-state index is 0.122. The van der Waals surface area contributed by atoms with Gasteiger partial charge in [-0.1, -0.05) is 26.2 Å². The maximum absolute atomic E-state index is 5.61. The van der Waals surface area contributed by atoms with Crippen molar-refractivity contribution in [2.75, 3.05) is 13.2 Å². The second-order valence-electron chi connectivity index (χ2n) is 4.04. The van der Waals surface area contributed by atoms with Crippen molar-refractivity contribution in [1.29, 1.82) is 0 Å². The first kappa shape index (κ1) is 8.58. The largest absolute Gasteiger partial charge is 0.460 e. The van der Waals surface area contributed by atoms with E-state index in [0.717, 1.165) is 25.6 Å². The lowest BCUT2D eigenvalue weighted by atomic mass is 9.66. The molecule has 0 spiro atoms.